The number of ether oxygens (including phenoxy) is 2. The second-order valence-electron chi connectivity index (χ2n) is 5.88. The highest BCUT2D eigenvalue weighted by molar-refractivity contribution is 7.17. The van der Waals surface area contributed by atoms with E-state index in [0.29, 0.717) is 6.42 Å². The zero-order chi connectivity index (χ0) is 18.6. The van der Waals surface area contributed by atoms with Gasteiger partial charge in [-0.3, -0.25) is 0 Å². The number of rotatable bonds is 6. The van der Waals surface area contributed by atoms with Crippen molar-refractivity contribution in [2.24, 2.45) is 0 Å². The first-order chi connectivity index (χ1) is 13.2. The molecule has 0 saturated carbocycles. The molecular weight excluding hydrogens is 360 g/mol. The van der Waals surface area contributed by atoms with E-state index in [0.717, 1.165) is 38.4 Å². The molecule has 6 nitrogen and oxygen atoms in total. The molecule has 2 aromatic carbocycles. The molecule has 4 aromatic rings. The third-order valence-electron chi connectivity index (χ3n) is 4.13. The Hall–Kier alpha value is -3.19. The number of nitrogens with zero attached hydrogens (tertiary/aromatic N) is 4. The molecule has 0 bridgehead atoms. The number of fused-ring (bicyclic) bond motifs is 1. The van der Waals surface area contributed by atoms with Crippen LogP contribution in [0.1, 0.15) is 22.0 Å². The summed E-state index contributed by atoms with van der Waals surface area (Å²) in [6.07, 6.45) is 4.67. The van der Waals surface area contributed by atoms with Crippen molar-refractivity contribution in [2.45, 2.75) is 6.42 Å². The van der Waals surface area contributed by atoms with Crippen molar-refractivity contribution in [3.8, 4) is 11.5 Å². The normalized spacial score (nSPS) is 11.3. The van der Waals surface area contributed by atoms with Crippen molar-refractivity contribution < 1.29 is 9.47 Å². The molecule has 0 spiro atoms. The number of hydrogen-bond acceptors (Lipinski definition) is 6. The number of methoxy groups -OCH3 is 2. The Morgan fingerprint density at radius 2 is 1.56 bits per heavy atom. The molecule has 136 valence electrons. The molecule has 0 saturated heterocycles. The minimum atomic E-state index is 0.663. The van der Waals surface area contributed by atoms with Crippen molar-refractivity contribution >= 4 is 28.4 Å². The van der Waals surface area contributed by atoms with E-state index in [4.69, 9.17) is 9.47 Å². The Labute approximate surface area is 160 Å². The molecule has 0 aliphatic carbocycles. The SMILES string of the molecule is COc1ccc(C=Cc2nn3c(Cc4ccc(OC)cc4)nnc3s2)cc1. The van der Waals surface area contributed by atoms with Crippen LogP contribution in [0.15, 0.2) is 48.5 Å². The third kappa shape index (κ3) is 3.83. The third-order valence-corrected chi connectivity index (χ3v) is 4.99. The van der Waals surface area contributed by atoms with E-state index in [9.17, 15) is 0 Å². The van der Waals surface area contributed by atoms with Crippen LogP contribution >= 0.6 is 11.3 Å². The van der Waals surface area contributed by atoms with Gasteiger partial charge in [-0.1, -0.05) is 41.7 Å². The van der Waals surface area contributed by atoms with Crippen molar-refractivity contribution in [1.29, 1.82) is 0 Å². The maximum Gasteiger partial charge on any atom is 0.234 e. The highest BCUT2D eigenvalue weighted by Crippen LogP contribution is 2.20. The Morgan fingerprint density at radius 1 is 0.889 bits per heavy atom. The lowest BCUT2D eigenvalue weighted by Crippen LogP contribution is -1.97. The number of hydrogen-bond donors (Lipinski definition) is 0. The second-order valence-corrected chi connectivity index (χ2v) is 6.87. The van der Waals surface area contributed by atoms with Crippen molar-refractivity contribution in [3.63, 3.8) is 0 Å². The zero-order valence-corrected chi connectivity index (χ0v) is 15.8. The van der Waals surface area contributed by atoms with Gasteiger partial charge < -0.3 is 9.47 Å². The molecule has 0 amide bonds. The Kier molecular flexibility index (Phi) is 4.84. The van der Waals surface area contributed by atoms with Crippen LogP contribution in [0.4, 0.5) is 0 Å². The Bertz CT molecular complexity index is 1070. The van der Waals surface area contributed by atoms with Crippen LogP contribution in [0.25, 0.3) is 17.1 Å². The van der Waals surface area contributed by atoms with E-state index in [1.165, 1.54) is 11.3 Å². The van der Waals surface area contributed by atoms with Crippen molar-refractivity contribution in [2.75, 3.05) is 14.2 Å². The molecule has 4 rings (SSSR count). The molecule has 0 aliphatic heterocycles. The molecule has 0 radical (unpaired) electrons. The summed E-state index contributed by atoms with van der Waals surface area (Å²) in [4.78, 5) is 0.785. The fraction of sp³-hybridized carbons (Fsp3) is 0.150. The maximum absolute atomic E-state index is 5.20. The van der Waals surface area contributed by atoms with Gasteiger partial charge in [0.15, 0.2) is 5.82 Å². The lowest BCUT2D eigenvalue weighted by molar-refractivity contribution is 0.414. The van der Waals surface area contributed by atoms with Crippen LogP contribution in [0.2, 0.25) is 0 Å². The predicted molar refractivity (Wildman–Crippen MR) is 106 cm³/mol. The topological polar surface area (TPSA) is 61.5 Å². The smallest absolute Gasteiger partial charge is 0.234 e. The van der Waals surface area contributed by atoms with E-state index in [-0.39, 0.29) is 0 Å². The molecular formula is C20H18N4O2S. The van der Waals surface area contributed by atoms with E-state index in [1.807, 2.05) is 65.2 Å². The lowest BCUT2D eigenvalue weighted by Gasteiger charge is -2.01. The molecule has 7 heteroatoms. The van der Waals surface area contributed by atoms with Crippen LogP contribution in [-0.2, 0) is 6.42 Å². The van der Waals surface area contributed by atoms with E-state index in [2.05, 4.69) is 15.3 Å². The Morgan fingerprint density at radius 3 is 2.22 bits per heavy atom. The molecule has 0 unspecified atom stereocenters. The Balaban J connectivity index is 1.53. The van der Waals surface area contributed by atoms with E-state index >= 15 is 0 Å². The van der Waals surface area contributed by atoms with Crippen molar-refractivity contribution in [3.05, 3.63) is 70.5 Å². The highest BCUT2D eigenvalue weighted by Gasteiger charge is 2.11. The zero-order valence-electron chi connectivity index (χ0n) is 15.0. The summed E-state index contributed by atoms with van der Waals surface area (Å²) < 4.78 is 12.2. The second kappa shape index (κ2) is 7.59. The molecule has 0 fully saturated rings. The predicted octanol–water partition coefficient (Wildman–Crippen LogP) is 3.96. The minimum absolute atomic E-state index is 0.663. The van der Waals surface area contributed by atoms with Gasteiger partial charge in [-0.15, -0.1) is 10.2 Å². The summed E-state index contributed by atoms with van der Waals surface area (Å²) in [6.45, 7) is 0. The van der Waals surface area contributed by atoms with Gasteiger partial charge in [-0.2, -0.15) is 9.61 Å². The average Bonchev–Trinajstić information content (AvgIpc) is 3.29. The average molecular weight is 378 g/mol. The van der Waals surface area contributed by atoms with E-state index in [1.54, 1.807) is 14.2 Å². The summed E-state index contributed by atoms with van der Waals surface area (Å²) in [6, 6.07) is 15.8. The minimum Gasteiger partial charge on any atom is -0.497 e. The molecule has 0 aliphatic rings. The van der Waals surface area contributed by atoms with E-state index < -0.39 is 0 Å². The van der Waals surface area contributed by atoms with Crippen molar-refractivity contribution in [1.82, 2.24) is 19.8 Å². The maximum atomic E-state index is 5.20. The first-order valence-electron chi connectivity index (χ1n) is 8.41. The van der Waals surface area contributed by atoms with Gasteiger partial charge in [0, 0.05) is 6.42 Å². The summed E-state index contributed by atoms with van der Waals surface area (Å²) >= 11 is 1.51. The quantitative estimate of drug-likeness (QED) is 0.508. The van der Waals surface area contributed by atoms with Gasteiger partial charge in [0.25, 0.3) is 0 Å². The molecule has 2 aromatic heterocycles. The summed E-state index contributed by atoms with van der Waals surface area (Å²) in [5, 5.41) is 14.0. The van der Waals surface area contributed by atoms with Gasteiger partial charge in [-0.25, -0.2) is 0 Å². The van der Waals surface area contributed by atoms with Crippen LogP contribution in [0.5, 0.6) is 11.5 Å². The standard InChI is InChI=1S/C20H18N4O2S/c1-25-16-8-3-14(4-9-16)7-12-19-23-24-18(21-22-20(24)27-19)13-15-5-10-17(26-2)11-6-15/h3-12H,13H2,1-2H3. The summed E-state index contributed by atoms with van der Waals surface area (Å²) in [5.74, 6) is 2.49. The van der Waals surface area contributed by atoms with Crippen LogP contribution in [0, 0.1) is 0 Å². The fourth-order valence-corrected chi connectivity index (χ4v) is 3.42. The van der Waals surface area contributed by atoms with Gasteiger partial charge in [0.05, 0.1) is 14.2 Å². The first kappa shape index (κ1) is 17.2. The van der Waals surface area contributed by atoms with Gasteiger partial charge in [0.2, 0.25) is 4.96 Å². The fourth-order valence-electron chi connectivity index (χ4n) is 2.66. The summed E-state index contributed by atoms with van der Waals surface area (Å²) in [7, 11) is 3.32. The van der Waals surface area contributed by atoms with Gasteiger partial charge in [0.1, 0.15) is 16.5 Å². The summed E-state index contributed by atoms with van der Waals surface area (Å²) in [5.41, 5.74) is 2.22. The number of aromatic nitrogens is 4. The monoisotopic (exact) mass is 378 g/mol. The number of benzene rings is 2. The van der Waals surface area contributed by atoms with Crippen LogP contribution in [0.3, 0.4) is 0 Å². The lowest BCUT2D eigenvalue weighted by atomic mass is 10.1. The van der Waals surface area contributed by atoms with Gasteiger partial charge >= 0.3 is 0 Å². The molecule has 2 heterocycles. The van der Waals surface area contributed by atoms with Crippen LogP contribution in [-0.4, -0.2) is 34.0 Å². The molecule has 0 atom stereocenters. The van der Waals surface area contributed by atoms with Crippen LogP contribution < -0.4 is 9.47 Å². The highest BCUT2D eigenvalue weighted by atomic mass is 32.1. The largest absolute Gasteiger partial charge is 0.497 e. The first-order valence-corrected chi connectivity index (χ1v) is 9.23. The van der Waals surface area contributed by atoms with Gasteiger partial charge in [-0.05, 0) is 41.5 Å². The molecule has 0 N–H and O–H groups in total. The molecule has 27 heavy (non-hydrogen) atoms.